The largest absolute Gasteiger partial charge is 0.480 e. The van der Waals surface area contributed by atoms with Crippen molar-refractivity contribution < 1.29 is 43.3 Å². The maximum absolute atomic E-state index is 13.9. The molecule has 42 heavy (non-hydrogen) atoms. The topological polar surface area (TPSA) is 144 Å². The summed E-state index contributed by atoms with van der Waals surface area (Å²) < 4.78 is 11.3. The van der Waals surface area contributed by atoms with Gasteiger partial charge in [-0.05, 0) is 87.0 Å². The predicted octanol–water partition coefficient (Wildman–Crippen LogP) is 3.79. The van der Waals surface area contributed by atoms with Gasteiger partial charge >= 0.3 is 17.9 Å². The fraction of sp³-hybridized carbons (Fsp3) is 0.750. The van der Waals surface area contributed by atoms with E-state index < -0.39 is 53.3 Å². The van der Waals surface area contributed by atoms with Crippen LogP contribution in [-0.2, 0) is 38.2 Å². The van der Waals surface area contributed by atoms with Crippen molar-refractivity contribution in [1.29, 1.82) is 0 Å². The quantitative estimate of drug-likeness (QED) is 0.421. The maximum atomic E-state index is 13.9. The summed E-state index contributed by atoms with van der Waals surface area (Å²) in [6.45, 7) is 5.43. The summed E-state index contributed by atoms with van der Waals surface area (Å²) in [6, 6.07) is -0.875. The van der Waals surface area contributed by atoms with Crippen LogP contribution in [0, 0.1) is 28.6 Å². The monoisotopic (exact) mass is 585 g/mol. The second kappa shape index (κ2) is 11.2. The smallest absolute Gasteiger partial charge is 0.326 e. The first-order valence-corrected chi connectivity index (χ1v) is 15.5. The van der Waals surface area contributed by atoms with Crippen LogP contribution in [0.15, 0.2) is 11.6 Å². The number of fused-ring (bicyclic) bond motifs is 5. The lowest BCUT2D eigenvalue weighted by Gasteiger charge is -2.59. The van der Waals surface area contributed by atoms with E-state index >= 15 is 0 Å². The summed E-state index contributed by atoms with van der Waals surface area (Å²) in [6.07, 6.45) is 8.26. The number of carbonyl (C=O) groups excluding carboxylic acids is 5. The molecular weight excluding hydrogens is 542 g/mol. The molecule has 230 valence electrons. The number of hydrogen-bond acceptors (Lipinski definition) is 8. The van der Waals surface area contributed by atoms with E-state index in [9.17, 15) is 33.9 Å². The lowest BCUT2D eigenvalue weighted by molar-refractivity contribution is -0.191. The fourth-order valence-corrected chi connectivity index (χ4v) is 9.49. The van der Waals surface area contributed by atoms with Crippen molar-refractivity contribution >= 4 is 35.4 Å². The van der Waals surface area contributed by atoms with E-state index in [2.05, 4.69) is 13.8 Å². The molecule has 3 saturated carbocycles. The number of allylic oxidation sites excluding steroid dienone is 1. The lowest BCUT2D eigenvalue weighted by Crippen LogP contribution is -2.59. The third-order valence-electron chi connectivity index (χ3n) is 11.6. The van der Waals surface area contributed by atoms with Crippen molar-refractivity contribution in [3.63, 3.8) is 0 Å². The zero-order valence-corrected chi connectivity index (χ0v) is 24.9. The number of hydrogen-bond donors (Lipinski definition) is 1. The summed E-state index contributed by atoms with van der Waals surface area (Å²) >= 11 is 0. The minimum atomic E-state index is -1.39. The van der Waals surface area contributed by atoms with E-state index in [1.807, 2.05) is 6.08 Å². The molecule has 10 heteroatoms. The minimum absolute atomic E-state index is 0.0264. The Labute approximate surface area is 246 Å². The average molecular weight is 586 g/mol. The molecule has 1 heterocycles. The van der Waals surface area contributed by atoms with Crippen molar-refractivity contribution in [2.45, 2.75) is 109 Å². The highest BCUT2D eigenvalue weighted by molar-refractivity contribution is 5.94. The van der Waals surface area contributed by atoms with Gasteiger partial charge in [-0.1, -0.05) is 19.4 Å². The zero-order valence-electron chi connectivity index (χ0n) is 24.9. The van der Waals surface area contributed by atoms with Crippen LogP contribution in [0.2, 0.25) is 0 Å². The highest BCUT2D eigenvalue weighted by Crippen LogP contribution is 2.68. The van der Waals surface area contributed by atoms with E-state index in [1.165, 1.54) is 17.4 Å². The molecule has 0 spiro atoms. The maximum Gasteiger partial charge on any atom is 0.326 e. The predicted molar refractivity (Wildman–Crippen MR) is 149 cm³/mol. The van der Waals surface area contributed by atoms with E-state index in [-0.39, 0.29) is 30.0 Å². The number of likely N-dealkylation sites (tertiary alicyclic amines) is 1. The number of carboxylic acids is 1. The Morgan fingerprint density at radius 1 is 0.976 bits per heavy atom. The van der Waals surface area contributed by atoms with E-state index in [0.717, 1.165) is 32.1 Å². The number of ketones is 2. The number of aliphatic carboxylic acids is 1. The molecule has 1 saturated heterocycles. The standard InChI is InChI=1S/C32H43NO9/c1-19(34)42-32(26(36)18-41-28(38)9-8-27(37)33-16-4-5-25(33)29(39)40)15-12-24-22-7-6-20-17-21(35)10-13-30(20,2)23(22)11-14-31(24,32)3/h17,22-25H,4-16,18H2,1-3H3,(H,39,40)/t22-,23-,24+,25+,30-,31-,32-/m0/s1. The molecule has 5 rings (SSSR count). The molecule has 0 aromatic heterocycles. The van der Waals surface area contributed by atoms with Gasteiger partial charge < -0.3 is 19.5 Å². The Morgan fingerprint density at radius 2 is 1.71 bits per heavy atom. The van der Waals surface area contributed by atoms with E-state index in [1.54, 1.807) is 0 Å². The highest BCUT2D eigenvalue weighted by atomic mass is 16.6. The van der Waals surface area contributed by atoms with Crippen molar-refractivity contribution in [1.82, 2.24) is 4.90 Å². The average Bonchev–Trinajstić information content (AvgIpc) is 3.54. The second-order valence-electron chi connectivity index (χ2n) is 13.6. The number of rotatable bonds is 8. The number of esters is 2. The van der Waals surface area contributed by atoms with Crippen molar-refractivity contribution in [2.75, 3.05) is 13.2 Å². The summed E-state index contributed by atoms with van der Waals surface area (Å²) in [4.78, 5) is 76.2. The Balaban J connectivity index is 1.26. The zero-order chi connectivity index (χ0) is 30.4. The van der Waals surface area contributed by atoms with Gasteiger partial charge in [0.2, 0.25) is 11.7 Å². The second-order valence-corrected chi connectivity index (χ2v) is 13.6. The Morgan fingerprint density at radius 3 is 2.43 bits per heavy atom. The SMILES string of the molecule is CC(=O)O[C@]1(C(=O)COC(=O)CCC(=O)N2CCC[C@@H]2C(=O)O)CC[C@@H]2[C@H]3CCC4=CC(=O)CC[C@]4(C)[C@H]3CC[C@@]21C. The molecule has 1 N–H and O–H groups in total. The Hall–Kier alpha value is -3.04. The molecule has 10 nitrogen and oxygen atoms in total. The summed E-state index contributed by atoms with van der Waals surface area (Å²) in [7, 11) is 0. The van der Waals surface area contributed by atoms with Gasteiger partial charge in [0.15, 0.2) is 18.0 Å². The van der Waals surface area contributed by atoms with Gasteiger partial charge in [0.25, 0.3) is 0 Å². The molecule has 0 aromatic carbocycles. The van der Waals surface area contributed by atoms with Gasteiger partial charge in [-0.2, -0.15) is 0 Å². The van der Waals surface area contributed by atoms with E-state index in [0.29, 0.717) is 50.5 Å². The normalized spacial score (nSPS) is 37.2. The molecular formula is C32H43NO9. The van der Waals surface area contributed by atoms with Crippen LogP contribution in [0.25, 0.3) is 0 Å². The first-order valence-electron chi connectivity index (χ1n) is 15.5. The molecule has 7 atom stereocenters. The fourth-order valence-electron chi connectivity index (χ4n) is 9.49. The van der Waals surface area contributed by atoms with Gasteiger partial charge in [-0.25, -0.2) is 4.79 Å². The van der Waals surface area contributed by atoms with Gasteiger partial charge in [0.05, 0.1) is 6.42 Å². The summed E-state index contributed by atoms with van der Waals surface area (Å²) in [5.41, 5.74) is -0.767. The molecule has 5 aliphatic rings. The van der Waals surface area contributed by atoms with E-state index in [4.69, 9.17) is 9.47 Å². The van der Waals surface area contributed by atoms with Crippen molar-refractivity contribution in [3.05, 3.63) is 11.6 Å². The van der Waals surface area contributed by atoms with Crippen LogP contribution in [0.3, 0.4) is 0 Å². The van der Waals surface area contributed by atoms with Gasteiger partial charge in [-0.3, -0.25) is 24.0 Å². The summed E-state index contributed by atoms with van der Waals surface area (Å²) in [5.74, 6) is -2.08. The van der Waals surface area contributed by atoms with Gasteiger partial charge in [-0.15, -0.1) is 0 Å². The number of carbonyl (C=O) groups is 6. The first-order chi connectivity index (χ1) is 19.8. The molecule has 4 aliphatic carbocycles. The molecule has 0 aromatic rings. The molecule has 1 aliphatic heterocycles. The van der Waals surface area contributed by atoms with Crippen LogP contribution < -0.4 is 0 Å². The first kappa shape index (κ1) is 30.4. The van der Waals surface area contributed by atoms with Gasteiger partial charge in [0.1, 0.15) is 6.04 Å². The Kier molecular flexibility index (Phi) is 8.13. The van der Waals surface area contributed by atoms with Crippen molar-refractivity contribution in [2.24, 2.45) is 28.6 Å². The third kappa shape index (κ3) is 4.98. The Bertz CT molecular complexity index is 1220. The number of nitrogens with zero attached hydrogens (tertiary/aromatic N) is 1. The van der Waals surface area contributed by atoms with Crippen LogP contribution in [-0.4, -0.2) is 70.2 Å². The minimum Gasteiger partial charge on any atom is -0.480 e. The lowest BCUT2D eigenvalue weighted by atomic mass is 9.46. The van der Waals surface area contributed by atoms with Crippen LogP contribution >= 0.6 is 0 Å². The number of amides is 1. The highest BCUT2D eigenvalue weighted by Gasteiger charge is 2.68. The molecule has 0 radical (unpaired) electrons. The molecule has 0 bridgehead atoms. The summed E-state index contributed by atoms with van der Waals surface area (Å²) in [5, 5.41) is 9.31. The van der Waals surface area contributed by atoms with Crippen molar-refractivity contribution in [3.8, 4) is 0 Å². The number of Topliss-reactive ketones (excluding diaryl/α,β-unsaturated/α-hetero) is 1. The van der Waals surface area contributed by atoms with Crippen LogP contribution in [0.1, 0.15) is 97.8 Å². The third-order valence-corrected chi connectivity index (χ3v) is 11.6. The van der Waals surface area contributed by atoms with Crippen LogP contribution in [0.4, 0.5) is 0 Å². The number of carboxylic acid groups (broad SMARTS) is 1. The molecule has 0 unspecified atom stereocenters. The van der Waals surface area contributed by atoms with Gasteiger partial charge in [0, 0.05) is 31.7 Å². The molecule has 4 fully saturated rings. The van der Waals surface area contributed by atoms with Crippen LogP contribution in [0.5, 0.6) is 0 Å². The molecule has 1 amide bonds. The number of ether oxygens (including phenoxy) is 2.